The molecule has 0 fully saturated rings. The van der Waals surface area contributed by atoms with Crippen molar-refractivity contribution in [3.63, 3.8) is 0 Å². The molecule has 1 aromatic rings. The molecule has 0 aliphatic carbocycles. The Morgan fingerprint density at radius 3 is 2.75 bits per heavy atom. The number of anilines is 1. The third-order valence-corrected chi connectivity index (χ3v) is 4.59. The second-order valence-electron chi connectivity index (χ2n) is 6.80. The summed E-state index contributed by atoms with van der Waals surface area (Å²) in [7, 11) is 6.46. The molecule has 3 heteroatoms. The van der Waals surface area contributed by atoms with E-state index in [-0.39, 0.29) is 5.54 Å². The van der Waals surface area contributed by atoms with Gasteiger partial charge in [-0.15, -0.1) is 0 Å². The third-order valence-electron chi connectivity index (χ3n) is 4.59. The molecule has 1 aromatic carbocycles. The molecule has 1 N–H and O–H groups in total. The van der Waals surface area contributed by atoms with Gasteiger partial charge < -0.3 is 15.1 Å². The van der Waals surface area contributed by atoms with E-state index in [1.807, 2.05) is 0 Å². The van der Waals surface area contributed by atoms with E-state index in [0.717, 1.165) is 13.1 Å². The van der Waals surface area contributed by atoms with Crippen LogP contribution in [0, 0.1) is 0 Å². The summed E-state index contributed by atoms with van der Waals surface area (Å²) in [5.74, 6) is 0. The highest BCUT2D eigenvalue weighted by atomic mass is 15.2. The number of nitrogens with zero attached hydrogens (tertiary/aromatic N) is 2. The van der Waals surface area contributed by atoms with Gasteiger partial charge in [0.2, 0.25) is 0 Å². The first kappa shape index (κ1) is 15.3. The van der Waals surface area contributed by atoms with Crippen LogP contribution in [-0.4, -0.2) is 44.7 Å². The molecule has 20 heavy (non-hydrogen) atoms. The monoisotopic (exact) mass is 275 g/mol. The van der Waals surface area contributed by atoms with E-state index in [9.17, 15) is 0 Å². The lowest BCUT2D eigenvalue weighted by Crippen LogP contribution is -2.46. The molecular weight excluding hydrogens is 246 g/mol. The number of rotatable bonds is 5. The first-order chi connectivity index (χ1) is 9.40. The van der Waals surface area contributed by atoms with Crippen molar-refractivity contribution in [2.45, 2.75) is 38.8 Å². The van der Waals surface area contributed by atoms with Crippen LogP contribution in [0.5, 0.6) is 0 Å². The Labute approximate surface area is 124 Å². The minimum atomic E-state index is 0.189. The van der Waals surface area contributed by atoms with Gasteiger partial charge in [0.1, 0.15) is 0 Å². The quantitative estimate of drug-likeness (QED) is 0.891. The second-order valence-corrected chi connectivity index (χ2v) is 6.80. The van der Waals surface area contributed by atoms with Crippen molar-refractivity contribution in [1.82, 2.24) is 10.2 Å². The number of hydrogen-bond donors (Lipinski definition) is 1. The van der Waals surface area contributed by atoms with E-state index < -0.39 is 0 Å². The van der Waals surface area contributed by atoms with Crippen molar-refractivity contribution >= 4 is 5.69 Å². The predicted octanol–water partition coefficient (Wildman–Crippen LogP) is 2.50. The van der Waals surface area contributed by atoms with Gasteiger partial charge in [0.25, 0.3) is 0 Å². The Kier molecular flexibility index (Phi) is 4.71. The zero-order valence-electron chi connectivity index (χ0n) is 13.7. The van der Waals surface area contributed by atoms with E-state index in [4.69, 9.17) is 0 Å². The fraction of sp³-hybridized carbons (Fsp3) is 0.647. The molecule has 0 saturated heterocycles. The summed E-state index contributed by atoms with van der Waals surface area (Å²) < 4.78 is 0. The maximum absolute atomic E-state index is 3.59. The largest absolute Gasteiger partial charge is 0.374 e. The highest BCUT2D eigenvalue weighted by molar-refractivity contribution is 5.56. The fourth-order valence-corrected chi connectivity index (χ4v) is 2.62. The minimum Gasteiger partial charge on any atom is -0.374 e. The Morgan fingerprint density at radius 2 is 2.05 bits per heavy atom. The van der Waals surface area contributed by atoms with E-state index in [2.05, 4.69) is 68.3 Å². The molecule has 112 valence electrons. The Morgan fingerprint density at radius 1 is 1.30 bits per heavy atom. The molecule has 0 saturated carbocycles. The smallest absolute Gasteiger partial charge is 0.0396 e. The molecule has 0 amide bonds. The average molecular weight is 275 g/mol. The lowest BCUT2D eigenvalue weighted by Gasteiger charge is -2.33. The van der Waals surface area contributed by atoms with Gasteiger partial charge in [0.05, 0.1) is 0 Å². The van der Waals surface area contributed by atoms with Gasteiger partial charge in [-0.1, -0.05) is 12.1 Å². The number of benzene rings is 1. The van der Waals surface area contributed by atoms with Gasteiger partial charge in [-0.25, -0.2) is 0 Å². The van der Waals surface area contributed by atoms with Crippen LogP contribution in [0.1, 0.15) is 31.4 Å². The highest BCUT2D eigenvalue weighted by Crippen LogP contribution is 2.26. The van der Waals surface area contributed by atoms with Crippen LogP contribution in [-0.2, 0) is 13.0 Å². The van der Waals surface area contributed by atoms with Gasteiger partial charge in [-0.2, -0.15) is 0 Å². The van der Waals surface area contributed by atoms with Crippen LogP contribution < -0.4 is 10.2 Å². The van der Waals surface area contributed by atoms with Crippen LogP contribution in [0.3, 0.4) is 0 Å². The molecule has 0 spiro atoms. The van der Waals surface area contributed by atoms with Crippen LogP contribution in [0.2, 0.25) is 0 Å². The predicted molar refractivity (Wildman–Crippen MR) is 87.5 cm³/mol. The zero-order chi connectivity index (χ0) is 14.8. The highest BCUT2D eigenvalue weighted by Gasteiger charge is 2.19. The molecule has 0 unspecified atom stereocenters. The molecule has 0 bridgehead atoms. The summed E-state index contributed by atoms with van der Waals surface area (Å²) in [5.41, 5.74) is 4.50. The first-order valence-corrected chi connectivity index (χ1v) is 7.61. The Balaban J connectivity index is 1.94. The first-order valence-electron chi connectivity index (χ1n) is 7.61. The fourth-order valence-electron chi connectivity index (χ4n) is 2.62. The number of likely N-dealkylation sites (N-methyl/N-ethyl adjacent to an activating group) is 1. The Hall–Kier alpha value is -1.06. The van der Waals surface area contributed by atoms with Gasteiger partial charge in [0, 0.05) is 37.9 Å². The van der Waals surface area contributed by atoms with Gasteiger partial charge in [0.15, 0.2) is 0 Å². The lowest BCUT2D eigenvalue weighted by atomic mass is 9.99. The van der Waals surface area contributed by atoms with Crippen molar-refractivity contribution in [1.29, 1.82) is 0 Å². The van der Waals surface area contributed by atoms with E-state index in [1.165, 1.54) is 36.2 Å². The van der Waals surface area contributed by atoms with Crippen molar-refractivity contribution < 1.29 is 0 Å². The minimum absolute atomic E-state index is 0.189. The van der Waals surface area contributed by atoms with Crippen LogP contribution in [0.4, 0.5) is 5.69 Å². The summed E-state index contributed by atoms with van der Waals surface area (Å²) in [4.78, 5) is 4.63. The molecule has 2 rings (SSSR count). The van der Waals surface area contributed by atoms with Crippen molar-refractivity contribution in [2.24, 2.45) is 0 Å². The molecule has 0 radical (unpaired) electrons. The third kappa shape index (κ3) is 3.53. The number of fused-ring (bicyclic) bond motifs is 1. The summed E-state index contributed by atoms with van der Waals surface area (Å²) in [6.07, 6.45) is 2.49. The summed E-state index contributed by atoms with van der Waals surface area (Å²) in [6.45, 7) is 7.66. The maximum Gasteiger partial charge on any atom is 0.0396 e. The van der Waals surface area contributed by atoms with Crippen LogP contribution in [0.15, 0.2) is 18.2 Å². The van der Waals surface area contributed by atoms with Gasteiger partial charge >= 0.3 is 0 Å². The molecule has 1 aliphatic heterocycles. The Bertz CT molecular complexity index is 452. The van der Waals surface area contributed by atoms with Crippen LogP contribution in [0.25, 0.3) is 0 Å². The lowest BCUT2D eigenvalue weighted by molar-refractivity contribution is 0.190. The van der Waals surface area contributed by atoms with E-state index in [0.29, 0.717) is 0 Å². The molecule has 1 heterocycles. The number of aryl methyl sites for hydroxylation is 1. The average Bonchev–Trinajstić information content (AvgIpc) is 2.38. The normalized spacial score (nSPS) is 15.6. The van der Waals surface area contributed by atoms with E-state index in [1.54, 1.807) is 0 Å². The topological polar surface area (TPSA) is 18.5 Å². The maximum atomic E-state index is 3.59. The number of nitrogens with one attached hydrogen (secondary N) is 1. The van der Waals surface area contributed by atoms with E-state index >= 15 is 0 Å². The molecule has 1 aliphatic rings. The van der Waals surface area contributed by atoms with Crippen molar-refractivity contribution in [3.8, 4) is 0 Å². The second kappa shape index (κ2) is 6.15. The summed E-state index contributed by atoms with van der Waals surface area (Å²) in [6, 6.07) is 6.92. The molecule has 0 atom stereocenters. The SMILES string of the molecule is CN1CCCc2cc(CNCC(C)(C)N(C)C)ccc21. The molecular formula is C17H29N3. The summed E-state index contributed by atoms with van der Waals surface area (Å²) >= 11 is 0. The van der Waals surface area contributed by atoms with Crippen LogP contribution >= 0.6 is 0 Å². The van der Waals surface area contributed by atoms with Crippen molar-refractivity contribution in [2.75, 3.05) is 39.1 Å². The van der Waals surface area contributed by atoms with Crippen molar-refractivity contribution in [3.05, 3.63) is 29.3 Å². The van der Waals surface area contributed by atoms with Gasteiger partial charge in [-0.3, -0.25) is 0 Å². The van der Waals surface area contributed by atoms with Gasteiger partial charge in [-0.05, 0) is 58.0 Å². The summed E-state index contributed by atoms with van der Waals surface area (Å²) in [5, 5.41) is 3.59. The zero-order valence-corrected chi connectivity index (χ0v) is 13.7. The molecule has 0 aromatic heterocycles. The standard InChI is InChI=1S/C17H29N3/c1-17(2,19(3)4)13-18-12-14-8-9-16-15(11-14)7-6-10-20(16)5/h8-9,11,18H,6-7,10,12-13H2,1-5H3. The molecule has 3 nitrogen and oxygen atoms in total. The number of hydrogen-bond acceptors (Lipinski definition) is 3.